The van der Waals surface area contributed by atoms with Crippen molar-refractivity contribution in [3.8, 4) is 0 Å². The number of benzene rings is 1. The molecule has 20 heavy (non-hydrogen) atoms. The van der Waals surface area contributed by atoms with Crippen molar-refractivity contribution in [3.63, 3.8) is 0 Å². The summed E-state index contributed by atoms with van der Waals surface area (Å²) < 4.78 is 0. The summed E-state index contributed by atoms with van der Waals surface area (Å²) >= 11 is 0. The topological polar surface area (TPSA) is 49.3 Å². The molecular formula is C17H27NO2. The Balaban J connectivity index is 2.39. The van der Waals surface area contributed by atoms with E-state index >= 15 is 0 Å². The quantitative estimate of drug-likeness (QED) is 0.677. The second-order valence-electron chi connectivity index (χ2n) is 5.57. The van der Waals surface area contributed by atoms with Crippen molar-refractivity contribution in [2.45, 2.75) is 46.0 Å². The molecule has 0 saturated carbocycles. The molecule has 3 nitrogen and oxygen atoms in total. The molecule has 0 heterocycles. The maximum Gasteiger partial charge on any atom is 0.310 e. The summed E-state index contributed by atoms with van der Waals surface area (Å²) in [5.74, 6) is -0.197. The highest BCUT2D eigenvalue weighted by Crippen LogP contribution is 2.26. The van der Waals surface area contributed by atoms with Crippen LogP contribution in [0.15, 0.2) is 30.3 Å². The highest BCUT2D eigenvalue weighted by Gasteiger charge is 2.34. The molecule has 1 aromatic rings. The molecule has 0 aliphatic heterocycles. The smallest absolute Gasteiger partial charge is 0.310 e. The van der Waals surface area contributed by atoms with Crippen LogP contribution in [0.3, 0.4) is 0 Å². The van der Waals surface area contributed by atoms with E-state index in [1.165, 1.54) is 5.56 Å². The van der Waals surface area contributed by atoms with Gasteiger partial charge in [0.05, 0.1) is 5.41 Å². The van der Waals surface area contributed by atoms with Gasteiger partial charge in [0, 0.05) is 6.54 Å². The zero-order valence-corrected chi connectivity index (χ0v) is 12.9. The lowest BCUT2D eigenvalue weighted by Gasteiger charge is -2.27. The molecule has 1 rings (SSSR count). The van der Waals surface area contributed by atoms with Gasteiger partial charge in [-0.2, -0.15) is 0 Å². The molecular weight excluding hydrogens is 250 g/mol. The van der Waals surface area contributed by atoms with Crippen molar-refractivity contribution in [2.24, 2.45) is 5.41 Å². The molecule has 0 aromatic heterocycles. The number of carboxylic acid groups (broad SMARTS) is 1. The van der Waals surface area contributed by atoms with Crippen LogP contribution in [0.5, 0.6) is 0 Å². The van der Waals surface area contributed by atoms with Crippen LogP contribution in [0.2, 0.25) is 0 Å². The standard InChI is InChI=1S/C17H27NO2/c1-4-17(5-2,16(19)20)13-18-12-11-14(3)15-9-7-6-8-10-15/h6-10,14,18H,4-5,11-13H2,1-3H3,(H,19,20). The maximum absolute atomic E-state index is 11.4. The molecule has 0 aliphatic carbocycles. The van der Waals surface area contributed by atoms with E-state index in [1.54, 1.807) is 0 Å². The Bertz CT molecular complexity index is 399. The summed E-state index contributed by atoms with van der Waals surface area (Å²) in [5.41, 5.74) is 0.723. The first kappa shape index (κ1) is 16.7. The van der Waals surface area contributed by atoms with Gasteiger partial charge in [0.25, 0.3) is 0 Å². The molecule has 112 valence electrons. The summed E-state index contributed by atoms with van der Waals surface area (Å²) in [5, 5.41) is 12.7. The fourth-order valence-corrected chi connectivity index (χ4v) is 2.47. The summed E-state index contributed by atoms with van der Waals surface area (Å²) in [6.07, 6.45) is 2.35. The Labute approximate surface area is 122 Å². The lowest BCUT2D eigenvalue weighted by atomic mass is 9.82. The summed E-state index contributed by atoms with van der Waals surface area (Å²) in [6.45, 7) is 7.51. The monoisotopic (exact) mass is 277 g/mol. The summed E-state index contributed by atoms with van der Waals surface area (Å²) in [7, 11) is 0. The molecule has 3 heteroatoms. The number of hydrogen-bond acceptors (Lipinski definition) is 2. The molecule has 1 aromatic carbocycles. The van der Waals surface area contributed by atoms with Crippen LogP contribution >= 0.6 is 0 Å². The number of carbonyl (C=O) groups is 1. The fourth-order valence-electron chi connectivity index (χ4n) is 2.47. The Morgan fingerprint density at radius 2 is 1.85 bits per heavy atom. The predicted octanol–water partition coefficient (Wildman–Crippen LogP) is 3.66. The van der Waals surface area contributed by atoms with Crippen LogP contribution < -0.4 is 5.32 Å². The minimum absolute atomic E-state index is 0.492. The first-order valence-corrected chi connectivity index (χ1v) is 7.54. The van der Waals surface area contributed by atoms with E-state index in [-0.39, 0.29) is 0 Å². The van der Waals surface area contributed by atoms with Gasteiger partial charge in [-0.3, -0.25) is 4.79 Å². The second kappa shape index (κ2) is 8.05. The van der Waals surface area contributed by atoms with E-state index in [0.29, 0.717) is 25.3 Å². The average molecular weight is 277 g/mol. The van der Waals surface area contributed by atoms with E-state index in [2.05, 4.69) is 36.5 Å². The minimum Gasteiger partial charge on any atom is -0.481 e. The summed E-state index contributed by atoms with van der Waals surface area (Å²) in [4.78, 5) is 11.4. The van der Waals surface area contributed by atoms with Crippen molar-refractivity contribution in [3.05, 3.63) is 35.9 Å². The third-order valence-corrected chi connectivity index (χ3v) is 4.39. The number of rotatable bonds is 9. The third kappa shape index (κ3) is 4.34. The third-order valence-electron chi connectivity index (χ3n) is 4.39. The molecule has 2 N–H and O–H groups in total. The molecule has 0 spiro atoms. The normalized spacial score (nSPS) is 13.2. The van der Waals surface area contributed by atoms with Crippen molar-refractivity contribution >= 4 is 5.97 Å². The molecule has 1 unspecified atom stereocenters. The first-order chi connectivity index (χ1) is 9.55. The van der Waals surface area contributed by atoms with Crippen molar-refractivity contribution < 1.29 is 9.90 Å². The van der Waals surface area contributed by atoms with Crippen LogP contribution in [-0.4, -0.2) is 24.2 Å². The molecule has 0 aliphatic rings. The van der Waals surface area contributed by atoms with Gasteiger partial charge in [-0.1, -0.05) is 51.1 Å². The summed E-state index contributed by atoms with van der Waals surface area (Å²) in [6, 6.07) is 10.4. The Morgan fingerprint density at radius 3 is 2.35 bits per heavy atom. The van der Waals surface area contributed by atoms with Crippen LogP contribution in [0, 0.1) is 5.41 Å². The van der Waals surface area contributed by atoms with E-state index in [1.807, 2.05) is 19.9 Å². The van der Waals surface area contributed by atoms with E-state index in [0.717, 1.165) is 13.0 Å². The first-order valence-electron chi connectivity index (χ1n) is 7.54. The maximum atomic E-state index is 11.4. The van der Waals surface area contributed by atoms with Gasteiger partial charge in [-0.15, -0.1) is 0 Å². The Morgan fingerprint density at radius 1 is 1.25 bits per heavy atom. The zero-order chi connectivity index (χ0) is 15.0. The average Bonchev–Trinajstić information content (AvgIpc) is 2.48. The van der Waals surface area contributed by atoms with Gasteiger partial charge in [0.1, 0.15) is 0 Å². The SMILES string of the molecule is CCC(CC)(CNCCC(C)c1ccccc1)C(=O)O. The van der Waals surface area contributed by atoms with Gasteiger partial charge in [-0.05, 0) is 37.3 Å². The number of aliphatic carboxylic acids is 1. The highest BCUT2D eigenvalue weighted by atomic mass is 16.4. The lowest BCUT2D eigenvalue weighted by Crippen LogP contribution is -2.40. The zero-order valence-electron chi connectivity index (χ0n) is 12.9. The lowest BCUT2D eigenvalue weighted by molar-refractivity contribution is -0.149. The van der Waals surface area contributed by atoms with Gasteiger partial charge < -0.3 is 10.4 Å². The number of hydrogen-bond donors (Lipinski definition) is 2. The van der Waals surface area contributed by atoms with Gasteiger partial charge >= 0.3 is 5.97 Å². The molecule has 0 bridgehead atoms. The number of carboxylic acids is 1. The van der Waals surface area contributed by atoms with Gasteiger partial charge in [0.15, 0.2) is 0 Å². The van der Waals surface area contributed by atoms with E-state index in [9.17, 15) is 9.90 Å². The molecule has 0 saturated heterocycles. The minimum atomic E-state index is -0.689. The molecule has 0 radical (unpaired) electrons. The van der Waals surface area contributed by atoms with Crippen molar-refractivity contribution in [2.75, 3.05) is 13.1 Å². The van der Waals surface area contributed by atoms with Gasteiger partial charge in [0.2, 0.25) is 0 Å². The number of nitrogens with one attached hydrogen (secondary N) is 1. The van der Waals surface area contributed by atoms with E-state index in [4.69, 9.17) is 0 Å². The largest absolute Gasteiger partial charge is 0.481 e. The fraction of sp³-hybridized carbons (Fsp3) is 0.588. The molecule has 0 amide bonds. The van der Waals surface area contributed by atoms with Crippen molar-refractivity contribution in [1.82, 2.24) is 5.32 Å². The second-order valence-corrected chi connectivity index (χ2v) is 5.57. The van der Waals surface area contributed by atoms with Crippen molar-refractivity contribution in [1.29, 1.82) is 0 Å². The van der Waals surface area contributed by atoms with Crippen LogP contribution in [0.4, 0.5) is 0 Å². The van der Waals surface area contributed by atoms with Gasteiger partial charge in [-0.25, -0.2) is 0 Å². The Kier molecular flexibility index (Phi) is 6.73. The van der Waals surface area contributed by atoms with E-state index < -0.39 is 11.4 Å². The molecule has 1 atom stereocenters. The van der Waals surface area contributed by atoms with Crippen LogP contribution in [-0.2, 0) is 4.79 Å². The molecule has 0 fully saturated rings. The Hall–Kier alpha value is -1.35. The van der Waals surface area contributed by atoms with Crippen LogP contribution in [0.1, 0.15) is 51.5 Å². The predicted molar refractivity (Wildman–Crippen MR) is 83.0 cm³/mol. The van der Waals surface area contributed by atoms with Crippen LogP contribution in [0.25, 0.3) is 0 Å². The highest BCUT2D eigenvalue weighted by molar-refractivity contribution is 5.74.